The molecule has 0 saturated carbocycles. The fourth-order valence-electron chi connectivity index (χ4n) is 3.85. The largest absolute Gasteiger partial charge is 0.467 e. The fourth-order valence-corrected chi connectivity index (χ4v) is 5.49. The molecule has 0 bridgehead atoms. The highest BCUT2D eigenvalue weighted by Crippen LogP contribution is 2.34. The Morgan fingerprint density at radius 3 is 2.75 bits per heavy atom. The summed E-state index contributed by atoms with van der Waals surface area (Å²) in [4.78, 5) is 23.6. The molecule has 170 valence electrons. The Morgan fingerprint density at radius 2 is 2.03 bits per heavy atom. The van der Waals surface area contributed by atoms with Crippen LogP contribution in [0, 0.1) is 17.0 Å². The first-order valence-corrected chi connectivity index (χ1v) is 11.5. The molecular weight excluding hydrogens is 440 g/mol. The van der Waals surface area contributed by atoms with Crippen LogP contribution >= 0.6 is 0 Å². The molecule has 10 nitrogen and oxygen atoms in total. The quantitative estimate of drug-likeness (QED) is 0.364. The minimum absolute atomic E-state index is 0.0169. The van der Waals surface area contributed by atoms with Crippen molar-refractivity contribution in [2.24, 2.45) is 0 Å². The number of sulfonamides is 1. The van der Waals surface area contributed by atoms with Crippen molar-refractivity contribution in [2.75, 3.05) is 13.3 Å². The summed E-state index contributed by atoms with van der Waals surface area (Å²) in [6.45, 7) is 1.91. The number of aryl methyl sites for hydroxylation is 1. The van der Waals surface area contributed by atoms with Gasteiger partial charge in [-0.25, -0.2) is 8.42 Å². The summed E-state index contributed by atoms with van der Waals surface area (Å²) in [5.41, 5.74) is 1.57. The zero-order valence-electron chi connectivity index (χ0n) is 17.4. The zero-order chi connectivity index (χ0) is 22.9. The molecule has 0 N–H and O–H groups in total. The van der Waals surface area contributed by atoms with Crippen molar-refractivity contribution < 1.29 is 32.3 Å². The van der Waals surface area contributed by atoms with Gasteiger partial charge in [-0.2, -0.15) is 4.31 Å². The van der Waals surface area contributed by atoms with E-state index in [1.54, 1.807) is 12.1 Å². The van der Waals surface area contributed by atoms with Gasteiger partial charge in [0.2, 0.25) is 10.0 Å². The summed E-state index contributed by atoms with van der Waals surface area (Å²) in [5.74, 6) is -0.323. The number of rotatable bonds is 6. The maximum absolute atomic E-state index is 13.1. The molecule has 2 aromatic rings. The number of fused-ring (bicyclic) bond motifs is 1. The van der Waals surface area contributed by atoms with E-state index in [1.165, 1.54) is 24.3 Å². The van der Waals surface area contributed by atoms with E-state index in [0.29, 0.717) is 29.7 Å². The molecule has 0 radical (unpaired) electrons. The number of benzene rings is 2. The van der Waals surface area contributed by atoms with Crippen LogP contribution < -0.4 is 4.74 Å². The lowest BCUT2D eigenvalue weighted by Gasteiger charge is -2.24. The van der Waals surface area contributed by atoms with Crippen molar-refractivity contribution >= 4 is 21.7 Å². The van der Waals surface area contributed by atoms with E-state index < -0.39 is 27.0 Å². The molecule has 1 atom stereocenters. The van der Waals surface area contributed by atoms with Crippen LogP contribution in [0.1, 0.15) is 29.5 Å². The average Bonchev–Trinajstić information content (AvgIpc) is 3.28. The number of non-ortho nitro benzene ring substituents is 1. The van der Waals surface area contributed by atoms with E-state index in [9.17, 15) is 23.3 Å². The molecule has 4 rings (SSSR count). The topological polar surface area (TPSA) is 125 Å². The predicted molar refractivity (Wildman–Crippen MR) is 111 cm³/mol. The van der Waals surface area contributed by atoms with Gasteiger partial charge >= 0.3 is 5.97 Å². The normalized spacial score (nSPS) is 18.6. The lowest BCUT2D eigenvalue weighted by molar-refractivity contribution is -0.385. The lowest BCUT2D eigenvalue weighted by atomic mass is 10.1. The van der Waals surface area contributed by atoms with Crippen LogP contribution in [-0.4, -0.2) is 43.0 Å². The Kier molecular flexibility index (Phi) is 6.13. The number of nitrogens with zero attached hydrogens (tertiary/aromatic N) is 2. The van der Waals surface area contributed by atoms with E-state index in [4.69, 9.17) is 14.2 Å². The number of carbonyl (C=O) groups excluding carboxylic acids is 1. The van der Waals surface area contributed by atoms with Gasteiger partial charge < -0.3 is 14.2 Å². The number of ether oxygens (including phenoxy) is 3. The van der Waals surface area contributed by atoms with Crippen LogP contribution in [0.5, 0.6) is 5.75 Å². The highest BCUT2D eigenvalue weighted by molar-refractivity contribution is 7.89. The number of nitro benzene ring substituents is 1. The summed E-state index contributed by atoms with van der Waals surface area (Å²) in [5, 5.41) is 11.2. The van der Waals surface area contributed by atoms with Crippen LogP contribution in [0.15, 0.2) is 41.3 Å². The first kappa shape index (κ1) is 22.2. The third-order valence-corrected chi connectivity index (χ3v) is 7.38. The highest BCUT2D eigenvalue weighted by atomic mass is 32.2. The minimum atomic E-state index is -3.86. The van der Waals surface area contributed by atoms with Gasteiger partial charge in [0.15, 0.2) is 6.79 Å². The Hall–Kier alpha value is -3.02. The fraction of sp³-hybridized carbons (Fsp3) is 0.381. The molecule has 0 aromatic heterocycles. The molecule has 2 aliphatic rings. The molecule has 0 unspecified atom stereocenters. The maximum Gasteiger partial charge on any atom is 0.324 e. The van der Waals surface area contributed by atoms with Gasteiger partial charge in [0, 0.05) is 29.8 Å². The van der Waals surface area contributed by atoms with Crippen LogP contribution in [0.4, 0.5) is 5.69 Å². The van der Waals surface area contributed by atoms with Crippen LogP contribution in [0.3, 0.4) is 0 Å². The molecule has 0 amide bonds. The van der Waals surface area contributed by atoms with Crippen molar-refractivity contribution in [3.05, 3.63) is 63.2 Å². The molecule has 1 fully saturated rings. The lowest BCUT2D eigenvalue weighted by Crippen LogP contribution is -2.41. The third-order valence-electron chi connectivity index (χ3n) is 5.46. The number of esters is 1. The van der Waals surface area contributed by atoms with E-state index in [1.807, 2.05) is 6.92 Å². The number of carbonyl (C=O) groups is 1. The van der Waals surface area contributed by atoms with Crippen LogP contribution in [0.2, 0.25) is 0 Å². The van der Waals surface area contributed by atoms with Crippen molar-refractivity contribution in [1.29, 1.82) is 0 Å². The van der Waals surface area contributed by atoms with Gasteiger partial charge in [-0.15, -0.1) is 0 Å². The van der Waals surface area contributed by atoms with Crippen molar-refractivity contribution in [2.45, 2.75) is 43.9 Å². The number of nitro groups is 1. The van der Waals surface area contributed by atoms with Gasteiger partial charge in [0.1, 0.15) is 18.4 Å². The first-order chi connectivity index (χ1) is 15.3. The standard InChI is InChI=1S/C21H22N2O8S/c1-14-4-6-18(7-5-14)32(27,28)22-8-2-3-19(22)21(24)30-12-16-10-17(23(25)26)9-15-11-29-13-31-20(15)16/h4-7,9-10,19H,2-3,8,11-13H2,1H3/t19-/m1/s1. The Bertz CT molecular complexity index is 1150. The van der Waals surface area contributed by atoms with Crippen LogP contribution in [0.25, 0.3) is 0 Å². The monoisotopic (exact) mass is 462 g/mol. The molecule has 2 aromatic carbocycles. The van der Waals surface area contributed by atoms with Crippen LogP contribution in [-0.2, 0) is 37.5 Å². The Balaban J connectivity index is 1.52. The molecule has 11 heteroatoms. The predicted octanol–water partition coefficient (Wildman–Crippen LogP) is 2.67. The molecule has 0 aliphatic carbocycles. The summed E-state index contributed by atoms with van der Waals surface area (Å²) in [6.07, 6.45) is 0.860. The molecule has 1 saturated heterocycles. The van der Waals surface area contributed by atoms with E-state index in [-0.39, 0.29) is 37.1 Å². The van der Waals surface area contributed by atoms with Gasteiger partial charge in [-0.05, 0) is 31.9 Å². The van der Waals surface area contributed by atoms with Crippen molar-refractivity contribution in [3.8, 4) is 5.75 Å². The first-order valence-electron chi connectivity index (χ1n) is 10.0. The number of hydrogen-bond donors (Lipinski definition) is 0. The summed E-state index contributed by atoms with van der Waals surface area (Å²) in [7, 11) is -3.86. The van der Waals surface area contributed by atoms with E-state index in [0.717, 1.165) is 9.87 Å². The highest BCUT2D eigenvalue weighted by Gasteiger charge is 2.40. The molecule has 2 heterocycles. The van der Waals surface area contributed by atoms with Gasteiger partial charge in [0.05, 0.1) is 16.4 Å². The zero-order valence-corrected chi connectivity index (χ0v) is 18.2. The smallest absolute Gasteiger partial charge is 0.324 e. The van der Waals surface area contributed by atoms with E-state index >= 15 is 0 Å². The van der Waals surface area contributed by atoms with Gasteiger partial charge in [-0.3, -0.25) is 14.9 Å². The van der Waals surface area contributed by atoms with E-state index in [2.05, 4.69) is 0 Å². The second kappa shape index (κ2) is 8.85. The average molecular weight is 462 g/mol. The summed E-state index contributed by atoms with van der Waals surface area (Å²) >= 11 is 0. The molecular formula is C21H22N2O8S. The Labute approximate surface area is 184 Å². The number of hydrogen-bond acceptors (Lipinski definition) is 8. The second-order valence-electron chi connectivity index (χ2n) is 7.66. The summed E-state index contributed by atoms with van der Waals surface area (Å²) < 4.78 is 43.3. The molecule has 32 heavy (non-hydrogen) atoms. The molecule has 2 aliphatic heterocycles. The second-order valence-corrected chi connectivity index (χ2v) is 9.55. The minimum Gasteiger partial charge on any atom is -0.467 e. The third kappa shape index (κ3) is 4.31. The summed E-state index contributed by atoms with van der Waals surface area (Å²) in [6, 6.07) is 8.11. The molecule has 0 spiro atoms. The van der Waals surface area contributed by atoms with Gasteiger partial charge in [-0.1, -0.05) is 17.7 Å². The Morgan fingerprint density at radius 1 is 1.28 bits per heavy atom. The SMILES string of the molecule is Cc1ccc(S(=O)(=O)N2CCC[C@@H]2C(=O)OCc2cc([N+](=O)[O-])cc3c2OCOC3)cc1. The van der Waals surface area contributed by atoms with Crippen molar-refractivity contribution in [1.82, 2.24) is 4.31 Å². The maximum atomic E-state index is 13.1. The van der Waals surface area contributed by atoms with Gasteiger partial charge in [0.25, 0.3) is 5.69 Å². The van der Waals surface area contributed by atoms with Crippen molar-refractivity contribution in [3.63, 3.8) is 0 Å².